The minimum atomic E-state index is -4.18. The molecule has 1 aliphatic carbocycles. The van der Waals surface area contributed by atoms with Crippen molar-refractivity contribution in [3.8, 4) is 0 Å². The fourth-order valence-corrected chi connectivity index (χ4v) is 5.69. The van der Waals surface area contributed by atoms with Crippen LogP contribution in [0.3, 0.4) is 0 Å². The molecule has 2 aromatic rings. The molecule has 1 fully saturated rings. The number of hydrogen-bond donors (Lipinski definition) is 0. The third-order valence-corrected chi connectivity index (χ3v) is 8.09. The molecule has 0 spiro atoms. The van der Waals surface area contributed by atoms with Gasteiger partial charge in [-0.1, -0.05) is 6.07 Å². The van der Waals surface area contributed by atoms with E-state index in [0.29, 0.717) is 55.8 Å². The van der Waals surface area contributed by atoms with Gasteiger partial charge in [-0.3, -0.25) is 9.78 Å². The van der Waals surface area contributed by atoms with E-state index in [0.717, 1.165) is 35.8 Å². The molecular formula is C26H33F4N5OS. The molecule has 0 atom stereocenters. The highest BCUT2D eigenvalue weighted by Crippen LogP contribution is 2.37. The van der Waals surface area contributed by atoms with E-state index in [-0.39, 0.29) is 24.7 Å². The highest BCUT2D eigenvalue weighted by Gasteiger charge is 2.35. The van der Waals surface area contributed by atoms with E-state index >= 15 is 4.39 Å². The molecule has 0 saturated heterocycles. The van der Waals surface area contributed by atoms with Crippen LogP contribution in [0.5, 0.6) is 0 Å². The van der Waals surface area contributed by atoms with Gasteiger partial charge in [0, 0.05) is 50.1 Å². The largest absolute Gasteiger partial charge is 0.389 e. The minimum absolute atomic E-state index is 0.103. The van der Waals surface area contributed by atoms with Gasteiger partial charge in [-0.25, -0.2) is 9.38 Å². The van der Waals surface area contributed by atoms with Gasteiger partial charge in [0.15, 0.2) is 0 Å². The first kappa shape index (κ1) is 27.8. The monoisotopic (exact) mass is 539 g/mol. The molecule has 2 aromatic heterocycles. The first-order chi connectivity index (χ1) is 17.6. The summed E-state index contributed by atoms with van der Waals surface area (Å²) in [6.45, 7) is 4.00. The van der Waals surface area contributed by atoms with Gasteiger partial charge in [0.25, 0.3) is 5.91 Å². The van der Waals surface area contributed by atoms with Crippen molar-refractivity contribution in [1.82, 2.24) is 20.1 Å². The topological polar surface area (TPSA) is 71.3 Å². The zero-order chi connectivity index (χ0) is 26.5. The van der Waals surface area contributed by atoms with Crippen LogP contribution in [0.2, 0.25) is 0 Å². The van der Waals surface area contributed by atoms with E-state index in [9.17, 15) is 18.0 Å². The molecule has 0 N–H and O–H groups in total. The van der Waals surface area contributed by atoms with Crippen molar-refractivity contribution in [2.24, 2.45) is 10.9 Å². The Kier molecular flexibility index (Phi) is 9.05. The molecule has 202 valence electrons. The molecule has 11 heteroatoms. The summed E-state index contributed by atoms with van der Waals surface area (Å²) in [4.78, 5) is 22.9. The standard InChI is InChI=1S/C26H33F4N5OS/c1-18-33-34-24(37-18)16-23(36)31-17-19-4-9-25(27,10-5-19)12-15-35-13-7-20-2-3-21(6-11-26(28,29)30)32-22(20)8-14-35/h2-3,17,19H,4-16H2,1H3. The molecule has 1 amide bonds. The minimum Gasteiger partial charge on any atom is -0.302 e. The van der Waals surface area contributed by atoms with Crippen LogP contribution < -0.4 is 0 Å². The molecule has 3 heterocycles. The molecule has 2 aliphatic rings. The second kappa shape index (κ2) is 12.1. The summed E-state index contributed by atoms with van der Waals surface area (Å²) in [6, 6.07) is 3.60. The maximum Gasteiger partial charge on any atom is 0.389 e. The summed E-state index contributed by atoms with van der Waals surface area (Å²) in [6.07, 6.45) is 0.790. The molecule has 1 aliphatic heterocycles. The normalized spacial score (nSPS) is 23.2. The van der Waals surface area contributed by atoms with Crippen LogP contribution in [-0.4, -0.2) is 63.7 Å². The average Bonchev–Trinajstić information content (AvgIpc) is 3.14. The highest BCUT2D eigenvalue weighted by atomic mass is 32.1. The Bertz CT molecular complexity index is 1090. The Morgan fingerprint density at radius 3 is 2.68 bits per heavy atom. The summed E-state index contributed by atoms with van der Waals surface area (Å²) in [7, 11) is 0. The summed E-state index contributed by atoms with van der Waals surface area (Å²) in [5.74, 6) is -0.147. The van der Waals surface area contributed by atoms with Crippen molar-refractivity contribution in [2.45, 2.75) is 83.0 Å². The Labute approximate surface area is 218 Å². The smallest absolute Gasteiger partial charge is 0.302 e. The third-order valence-electron chi connectivity index (χ3n) is 7.26. The lowest BCUT2D eigenvalue weighted by atomic mass is 9.78. The number of hydrogen-bond acceptors (Lipinski definition) is 6. The lowest BCUT2D eigenvalue weighted by Crippen LogP contribution is -2.36. The summed E-state index contributed by atoms with van der Waals surface area (Å²) < 4.78 is 53.2. The molecule has 0 bridgehead atoms. The molecule has 0 radical (unpaired) electrons. The van der Waals surface area contributed by atoms with Crippen LogP contribution in [0, 0.1) is 12.8 Å². The van der Waals surface area contributed by atoms with Crippen LogP contribution in [0.4, 0.5) is 17.6 Å². The van der Waals surface area contributed by atoms with Crippen LogP contribution in [-0.2, 0) is 30.5 Å². The maximum atomic E-state index is 15.5. The van der Waals surface area contributed by atoms with E-state index in [1.807, 2.05) is 13.0 Å². The number of aliphatic imine (C=N–C) groups is 1. The number of carbonyl (C=O) groups excluding carboxylic acids is 1. The van der Waals surface area contributed by atoms with E-state index in [1.165, 1.54) is 11.3 Å². The first-order valence-corrected chi connectivity index (χ1v) is 13.7. The Hall–Kier alpha value is -2.27. The Morgan fingerprint density at radius 2 is 1.97 bits per heavy atom. The van der Waals surface area contributed by atoms with Crippen LogP contribution in [0.1, 0.15) is 65.5 Å². The van der Waals surface area contributed by atoms with Crippen molar-refractivity contribution >= 4 is 23.5 Å². The van der Waals surface area contributed by atoms with Crippen LogP contribution >= 0.6 is 11.3 Å². The number of carbonyl (C=O) groups is 1. The number of halogens is 4. The van der Waals surface area contributed by atoms with Crippen molar-refractivity contribution in [3.63, 3.8) is 0 Å². The quantitative estimate of drug-likeness (QED) is 0.338. The predicted molar refractivity (Wildman–Crippen MR) is 135 cm³/mol. The summed E-state index contributed by atoms with van der Waals surface area (Å²) in [5.41, 5.74) is 1.20. The van der Waals surface area contributed by atoms with Gasteiger partial charge in [-0.2, -0.15) is 13.2 Å². The van der Waals surface area contributed by atoms with Crippen molar-refractivity contribution in [3.05, 3.63) is 39.1 Å². The fourth-order valence-electron chi connectivity index (χ4n) is 4.99. The molecule has 0 unspecified atom stereocenters. The number of nitrogens with zero attached hydrogens (tertiary/aromatic N) is 5. The lowest BCUT2D eigenvalue weighted by molar-refractivity contribution is -0.134. The summed E-state index contributed by atoms with van der Waals surface area (Å²) in [5, 5.41) is 9.31. The number of pyridine rings is 1. The predicted octanol–water partition coefficient (Wildman–Crippen LogP) is 5.27. The number of amides is 1. The number of aromatic nitrogens is 3. The van der Waals surface area contributed by atoms with Gasteiger partial charge in [-0.15, -0.1) is 21.5 Å². The molecular weight excluding hydrogens is 506 g/mol. The van der Waals surface area contributed by atoms with E-state index in [4.69, 9.17) is 0 Å². The zero-order valence-corrected chi connectivity index (χ0v) is 21.9. The highest BCUT2D eigenvalue weighted by molar-refractivity contribution is 7.11. The second-order valence-electron chi connectivity index (χ2n) is 10.2. The van der Waals surface area contributed by atoms with Crippen molar-refractivity contribution < 1.29 is 22.4 Å². The van der Waals surface area contributed by atoms with Gasteiger partial charge in [0.1, 0.15) is 15.7 Å². The molecule has 4 rings (SSSR count). The third kappa shape index (κ3) is 8.63. The zero-order valence-electron chi connectivity index (χ0n) is 21.1. The van der Waals surface area contributed by atoms with E-state index in [2.05, 4.69) is 25.1 Å². The number of fused-ring (bicyclic) bond motifs is 1. The van der Waals surface area contributed by atoms with Gasteiger partial charge in [-0.05, 0) is 69.4 Å². The van der Waals surface area contributed by atoms with Crippen LogP contribution in [0.15, 0.2) is 17.1 Å². The molecule has 1 saturated carbocycles. The molecule has 0 aromatic carbocycles. The van der Waals surface area contributed by atoms with Crippen molar-refractivity contribution in [2.75, 3.05) is 19.6 Å². The van der Waals surface area contributed by atoms with E-state index < -0.39 is 18.3 Å². The summed E-state index contributed by atoms with van der Waals surface area (Å²) >= 11 is 1.38. The van der Waals surface area contributed by atoms with Crippen molar-refractivity contribution in [1.29, 1.82) is 0 Å². The second-order valence-corrected chi connectivity index (χ2v) is 11.4. The number of aryl methyl sites for hydroxylation is 2. The average molecular weight is 540 g/mol. The first-order valence-electron chi connectivity index (χ1n) is 12.9. The van der Waals surface area contributed by atoms with Crippen LogP contribution in [0.25, 0.3) is 0 Å². The van der Waals surface area contributed by atoms with Gasteiger partial charge in [0.2, 0.25) is 0 Å². The van der Waals surface area contributed by atoms with Gasteiger partial charge in [0.05, 0.1) is 6.42 Å². The number of rotatable bonds is 8. The van der Waals surface area contributed by atoms with Gasteiger partial charge < -0.3 is 4.90 Å². The molecule has 37 heavy (non-hydrogen) atoms. The molecule has 6 nitrogen and oxygen atoms in total. The Balaban J connectivity index is 1.19. The lowest BCUT2D eigenvalue weighted by Gasteiger charge is -2.34. The SMILES string of the molecule is Cc1nnc(CC(=O)N=CC2CCC(F)(CCN3CCc4ccc(CCC(F)(F)F)nc4CC3)CC2)s1. The maximum absolute atomic E-state index is 15.5. The van der Waals surface area contributed by atoms with Gasteiger partial charge >= 0.3 is 6.18 Å². The van der Waals surface area contributed by atoms with E-state index in [1.54, 1.807) is 12.3 Å². The fraction of sp³-hybridized carbons (Fsp3) is 0.654. The number of alkyl halides is 4. The Morgan fingerprint density at radius 1 is 1.22 bits per heavy atom.